The highest BCUT2D eigenvalue weighted by molar-refractivity contribution is 8.18. The molecule has 0 bridgehead atoms. The van der Waals surface area contributed by atoms with Gasteiger partial charge in [-0.2, -0.15) is 0 Å². The third kappa shape index (κ3) is 3.34. The van der Waals surface area contributed by atoms with Crippen LogP contribution in [-0.2, 0) is 21.0 Å². The maximum atomic E-state index is 12.7. The minimum absolute atomic E-state index is 0.0582. The number of thioether (sulfide) groups is 2. The molecule has 0 spiro atoms. The van der Waals surface area contributed by atoms with Crippen LogP contribution in [0.5, 0.6) is 0 Å². The molecule has 1 unspecified atom stereocenters. The van der Waals surface area contributed by atoms with Crippen LogP contribution in [0.25, 0.3) is 0 Å². The molecule has 0 radical (unpaired) electrons. The first-order valence-electron chi connectivity index (χ1n) is 8.44. The van der Waals surface area contributed by atoms with Gasteiger partial charge in [-0.25, -0.2) is 5.06 Å². The molecule has 3 rings (SSSR count). The van der Waals surface area contributed by atoms with Gasteiger partial charge in [0.2, 0.25) is 5.91 Å². The largest absolute Gasteiger partial charge is 0.356 e. The molecule has 2 saturated heterocycles. The smallest absolute Gasteiger partial charge is 0.246 e. The highest BCUT2D eigenvalue weighted by Gasteiger charge is 2.58. The number of hydrogen-bond donors (Lipinski definition) is 0. The zero-order valence-corrected chi connectivity index (χ0v) is 16.0. The van der Waals surface area contributed by atoms with Crippen molar-refractivity contribution in [1.29, 1.82) is 0 Å². The van der Waals surface area contributed by atoms with Crippen molar-refractivity contribution < 1.29 is 14.4 Å². The van der Waals surface area contributed by atoms with E-state index < -0.39 is 9.80 Å². The normalized spacial score (nSPS) is 27.2. The Morgan fingerprint density at radius 3 is 2.54 bits per heavy atom. The van der Waals surface area contributed by atoms with Gasteiger partial charge in [0.1, 0.15) is 12.1 Å². The van der Waals surface area contributed by atoms with E-state index in [1.807, 2.05) is 53.9 Å². The summed E-state index contributed by atoms with van der Waals surface area (Å²) in [5.74, 6) is 2.16. The Labute approximate surface area is 152 Å². The van der Waals surface area contributed by atoms with E-state index in [0.29, 0.717) is 13.0 Å². The number of hydrogen-bond acceptors (Lipinski definition) is 5. The van der Waals surface area contributed by atoms with E-state index in [0.717, 1.165) is 29.9 Å². The van der Waals surface area contributed by atoms with Gasteiger partial charge in [-0.05, 0) is 43.3 Å². The van der Waals surface area contributed by atoms with E-state index in [4.69, 9.17) is 9.57 Å². The standard InChI is InChI=1S/C18H25NO3S2/c1-17(18(21-2)23-12-7-13-24-18)11-6-10-16(20)19(17)22-14-15-8-4-3-5-9-15/h3-5,8-9H,6-7,10-14H2,1-2H3. The van der Waals surface area contributed by atoms with Crippen molar-refractivity contribution in [3.05, 3.63) is 35.9 Å². The average molecular weight is 368 g/mol. The molecule has 4 nitrogen and oxygen atoms in total. The summed E-state index contributed by atoms with van der Waals surface area (Å²) >= 11 is 3.62. The minimum Gasteiger partial charge on any atom is -0.356 e. The predicted octanol–water partition coefficient (Wildman–Crippen LogP) is 4.06. The first-order valence-corrected chi connectivity index (χ1v) is 10.4. The predicted molar refractivity (Wildman–Crippen MR) is 99.6 cm³/mol. The second-order valence-electron chi connectivity index (χ2n) is 6.39. The van der Waals surface area contributed by atoms with E-state index in [1.165, 1.54) is 6.42 Å². The highest BCUT2D eigenvalue weighted by atomic mass is 32.2. The maximum absolute atomic E-state index is 12.7. The number of methoxy groups -OCH3 is 1. The van der Waals surface area contributed by atoms with Gasteiger partial charge in [-0.3, -0.25) is 9.63 Å². The molecule has 0 aromatic heterocycles. The lowest BCUT2D eigenvalue weighted by Gasteiger charge is -2.54. The van der Waals surface area contributed by atoms with E-state index >= 15 is 0 Å². The summed E-state index contributed by atoms with van der Waals surface area (Å²) in [5.41, 5.74) is 0.593. The van der Waals surface area contributed by atoms with Crippen molar-refractivity contribution in [3.63, 3.8) is 0 Å². The van der Waals surface area contributed by atoms with Crippen LogP contribution >= 0.6 is 23.5 Å². The van der Waals surface area contributed by atoms with Crippen molar-refractivity contribution in [3.8, 4) is 0 Å². The van der Waals surface area contributed by atoms with Crippen LogP contribution in [0.3, 0.4) is 0 Å². The van der Waals surface area contributed by atoms with Crippen molar-refractivity contribution >= 4 is 29.4 Å². The van der Waals surface area contributed by atoms with E-state index in [9.17, 15) is 4.79 Å². The van der Waals surface area contributed by atoms with Gasteiger partial charge >= 0.3 is 0 Å². The number of rotatable bonds is 5. The number of piperidine rings is 1. The lowest BCUT2D eigenvalue weighted by Crippen LogP contribution is -2.64. The summed E-state index contributed by atoms with van der Waals surface area (Å²) in [6.45, 7) is 2.52. The molecular formula is C18H25NO3S2. The Hall–Kier alpha value is -0.690. The summed E-state index contributed by atoms with van der Waals surface area (Å²) in [6, 6.07) is 9.98. The van der Waals surface area contributed by atoms with Crippen LogP contribution in [0.4, 0.5) is 0 Å². The van der Waals surface area contributed by atoms with Gasteiger partial charge < -0.3 is 4.74 Å². The average Bonchev–Trinajstić information content (AvgIpc) is 2.62. The molecule has 2 aliphatic heterocycles. The molecule has 0 N–H and O–H groups in total. The molecule has 0 aliphatic carbocycles. The molecule has 2 heterocycles. The minimum atomic E-state index is -0.471. The van der Waals surface area contributed by atoms with Gasteiger partial charge in [0.05, 0.1) is 0 Å². The van der Waals surface area contributed by atoms with Crippen LogP contribution in [0.15, 0.2) is 30.3 Å². The van der Waals surface area contributed by atoms with E-state index in [2.05, 4.69) is 6.92 Å². The fraction of sp³-hybridized carbons (Fsp3) is 0.611. The van der Waals surface area contributed by atoms with Gasteiger partial charge in [0, 0.05) is 13.5 Å². The number of amides is 1. The Morgan fingerprint density at radius 1 is 1.17 bits per heavy atom. The first kappa shape index (κ1) is 18.1. The third-order valence-electron chi connectivity index (χ3n) is 4.73. The number of benzene rings is 1. The summed E-state index contributed by atoms with van der Waals surface area (Å²) in [4.78, 5) is 18.7. The molecule has 6 heteroatoms. The van der Waals surface area contributed by atoms with Crippen LogP contribution in [0, 0.1) is 0 Å². The zero-order valence-electron chi connectivity index (χ0n) is 14.3. The zero-order chi connectivity index (χ0) is 17.0. The quantitative estimate of drug-likeness (QED) is 0.785. The Balaban J connectivity index is 1.83. The van der Waals surface area contributed by atoms with Crippen LogP contribution in [0.1, 0.15) is 38.2 Å². The Kier molecular flexibility index (Phi) is 5.80. The van der Waals surface area contributed by atoms with Crippen LogP contribution < -0.4 is 0 Å². The number of ether oxygens (including phenoxy) is 1. The lowest BCUT2D eigenvalue weighted by atomic mass is 9.90. The summed E-state index contributed by atoms with van der Waals surface area (Å²) in [5, 5.41) is 1.62. The third-order valence-corrected chi connectivity index (χ3v) is 8.40. The maximum Gasteiger partial charge on any atom is 0.246 e. The summed E-state index contributed by atoms with van der Waals surface area (Å²) in [6.07, 6.45) is 3.49. The number of hydroxylamine groups is 2. The topological polar surface area (TPSA) is 38.8 Å². The van der Waals surface area contributed by atoms with Crippen LogP contribution in [0.2, 0.25) is 0 Å². The fourth-order valence-electron chi connectivity index (χ4n) is 3.43. The number of nitrogens with zero attached hydrogens (tertiary/aromatic N) is 1. The SMILES string of the molecule is COC1(C2(C)CCCC(=O)N2OCc2ccccc2)SCCCS1. The fourth-order valence-corrected chi connectivity index (χ4v) is 6.79. The molecule has 1 amide bonds. The monoisotopic (exact) mass is 367 g/mol. The highest BCUT2D eigenvalue weighted by Crippen LogP contribution is 2.55. The van der Waals surface area contributed by atoms with Crippen LogP contribution in [-0.4, -0.2) is 39.4 Å². The molecule has 24 heavy (non-hydrogen) atoms. The Morgan fingerprint density at radius 2 is 1.88 bits per heavy atom. The van der Waals surface area contributed by atoms with Crippen molar-refractivity contribution in [2.24, 2.45) is 0 Å². The Bertz CT molecular complexity index is 563. The van der Waals surface area contributed by atoms with Gasteiger partial charge in [0.15, 0.2) is 4.27 Å². The molecule has 0 saturated carbocycles. The molecule has 1 atom stereocenters. The van der Waals surface area contributed by atoms with Gasteiger partial charge in [0.25, 0.3) is 0 Å². The molecule has 1 aromatic rings. The number of carbonyl (C=O) groups excluding carboxylic acids is 1. The first-order chi connectivity index (χ1) is 11.6. The lowest BCUT2D eigenvalue weighted by molar-refractivity contribution is -0.249. The summed E-state index contributed by atoms with van der Waals surface area (Å²) < 4.78 is 5.54. The van der Waals surface area contributed by atoms with Crippen molar-refractivity contribution in [1.82, 2.24) is 5.06 Å². The summed E-state index contributed by atoms with van der Waals surface area (Å²) in [7, 11) is 1.75. The molecule has 2 fully saturated rings. The van der Waals surface area contributed by atoms with Crippen molar-refractivity contribution in [2.75, 3.05) is 18.6 Å². The molecular weight excluding hydrogens is 342 g/mol. The van der Waals surface area contributed by atoms with E-state index in [-0.39, 0.29) is 5.91 Å². The molecule has 1 aromatic carbocycles. The second-order valence-corrected chi connectivity index (χ2v) is 9.19. The van der Waals surface area contributed by atoms with Gasteiger partial charge in [-0.1, -0.05) is 30.3 Å². The molecule has 132 valence electrons. The molecule has 2 aliphatic rings. The number of carbonyl (C=O) groups is 1. The second kappa shape index (κ2) is 7.68. The van der Waals surface area contributed by atoms with E-state index in [1.54, 1.807) is 12.2 Å². The van der Waals surface area contributed by atoms with Crippen molar-refractivity contribution in [2.45, 2.75) is 49.0 Å². The van der Waals surface area contributed by atoms with Gasteiger partial charge in [-0.15, -0.1) is 23.5 Å².